The summed E-state index contributed by atoms with van der Waals surface area (Å²) in [5.41, 5.74) is 2.52. The Morgan fingerprint density at radius 3 is 2.52 bits per heavy atom. The highest BCUT2D eigenvalue weighted by atomic mass is 32.2. The summed E-state index contributed by atoms with van der Waals surface area (Å²) >= 11 is 1.34. The molecule has 1 aromatic carbocycles. The van der Waals surface area contributed by atoms with Crippen molar-refractivity contribution in [3.63, 3.8) is 0 Å². The van der Waals surface area contributed by atoms with Crippen molar-refractivity contribution in [3.05, 3.63) is 34.7 Å². The van der Waals surface area contributed by atoms with Crippen LogP contribution in [0.5, 0.6) is 5.75 Å². The number of nitrogens with one attached hydrogen (secondary N) is 1. The van der Waals surface area contributed by atoms with Crippen LogP contribution in [-0.4, -0.2) is 22.9 Å². The number of carbonyl (C=O) groups is 1. The summed E-state index contributed by atoms with van der Waals surface area (Å²) in [5, 5.41) is 12.4. The minimum absolute atomic E-state index is 0.119. The van der Waals surface area contributed by atoms with E-state index < -0.39 is 0 Å². The van der Waals surface area contributed by atoms with Gasteiger partial charge in [0.05, 0.1) is 11.0 Å². The predicted octanol–water partition coefficient (Wildman–Crippen LogP) is 5.24. The van der Waals surface area contributed by atoms with Crippen molar-refractivity contribution in [2.24, 2.45) is 27.0 Å². The standard InChI is InChI=1S/C23H29N3O2S/c1-14(2)28-17-8-6-15(7-9-17)12-18-20(27)24-21(29-18)26-25-19-13-16-10-11-23(19,5)22(16,3)4/h6-9,12,14,16H,10-11,13H2,1-5H3,(H,24,26,27). The number of amidine groups is 1. The number of rotatable bonds is 4. The molecule has 1 N–H and O–H groups in total. The Morgan fingerprint density at radius 1 is 1.21 bits per heavy atom. The summed E-state index contributed by atoms with van der Waals surface area (Å²) in [7, 11) is 0. The number of carbonyl (C=O) groups excluding carboxylic acids is 1. The third-order valence-electron chi connectivity index (χ3n) is 6.97. The minimum atomic E-state index is -0.129. The van der Waals surface area contributed by atoms with Gasteiger partial charge in [0.1, 0.15) is 5.75 Å². The molecule has 3 aliphatic rings. The van der Waals surface area contributed by atoms with Gasteiger partial charge in [-0.3, -0.25) is 10.1 Å². The summed E-state index contributed by atoms with van der Waals surface area (Å²) < 4.78 is 5.66. The van der Waals surface area contributed by atoms with Gasteiger partial charge in [0.2, 0.25) is 0 Å². The molecule has 1 heterocycles. The molecule has 0 aromatic heterocycles. The number of benzene rings is 1. The average molecular weight is 412 g/mol. The largest absolute Gasteiger partial charge is 0.491 e. The molecule has 2 saturated carbocycles. The third kappa shape index (κ3) is 3.63. The second-order valence-electron chi connectivity index (χ2n) is 9.25. The van der Waals surface area contributed by atoms with Gasteiger partial charge in [-0.1, -0.05) is 32.9 Å². The van der Waals surface area contributed by atoms with E-state index in [-0.39, 0.29) is 22.8 Å². The SMILES string of the molecule is CC(C)Oc1ccc(C=C2SC(=NN=C3CC4CCC3(C)C4(C)C)NC2=O)cc1. The Hall–Kier alpha value is -2.08. The molecule has 4 rings (SSSR count). The van der Waals surface area contributed by atoms with Gasteiger partial charge in [0.25, 0.3) is 5.91 Å². The number of thioether (sulfide) groups is 1. The molecule has 0 radical (unpaired) electrons. The Balaban J connectivity index is 1.48. The Labute approximate surface area is 177 Å². The van der Waals surface area contributed by atoms with Crippen molar-refractivity contribution >= 4 is 34.6 Å². The van der Waals surface area contributed by atoms with Gasteiger partial charge in [-0.25, -0.2) is 0 Å². The van der Waals surface area contributed by atoms with Gasteiger partial charge in [-0.15, -0.1) is 5.10 Å². The van der Waals surface area contributed by atoms with Crippen LogP contribution in [0.4, 0.5) is 0 Å². The van der Waals surface area contributed by atoms with Crippen molar-refractivity contribution in [3.8, 4) is 5.75 Å². The molecule has 1 aromatic rings. The van der Waals surface area contributed by atoms with Crippen LogP contribution in [0.3, 0.4) is 0 Å². The van der Waals surface area contributed by atoms with Gasteiger partial charge < -0.3 is 4.74 Å². The average Bonchev–Trinajstić information content (AvgIpc) is 3.18. The molecule has 2 unspecified atom stereocenters. The fraction of sp³-hybridized carbons (Fsp3) is 0.522. The molecule has 6 heteroatoms. The fourth-order valence-corrected chi connectivity index (χ4v) is 5.50. The van der Waals surface area contributed by atoms with Gasteiger partial charge >= 0.3 is 0 Å². The van der Waals surface area contributed by atoms with Gasteiger partial charge in [-0.2, -0.15) is 5.10 Å². The van der Waals surface area contributed by atoms with Crippen molar-refractivity contribution in [2.75, 3.05) is 0 Å². The van der Waals surface area contributed by atoms with Crippen molar-refractivity contribution in [2.45, 2.75) is 60.0 Å². The highest BCUT2D eigenvalue weighted by Gasteiger charge is 2.60. The Morgan fingerprint density at radius 2 is 1.93 bits per heavy atom. The van der Waals surface area contributed by atoms with E-state index in [2.05, 4.69) is 36.3 Å². The quantitative estimate of drug-likeness (QED) is 0.545. The number of fused-ring (bicyclic) bond motifs is 2. The fourth-order valence-electron chi connectivity index (χ4n) is 4.73. The number of amides is 1. The molecule has 154 valence electrons. The van der Waals surface area contributed by atoms with E-state index >= 15 is 0 Å². The van der Waals surface area contributed by atoms with Crippen LogP contribution >= 0.6 is 11.8 Å². The maximum atomic E-state index is 12.3. The molecule has 1 amide bonds. The van der Waals surface area contributed by atoms with Crippen LogP contribution in [0.1, 0.15) is 59.4 Å². The number of hydrogen-bond donors (Lipinski definition) is 1. The van der Waals surface area contributed by atoms with Crippen LogP contribution in [-0.2, 0) is 4.79 Å². The van der Waals surface area contributed by atoms with Crippen LogP contribution in [0.15, 0.2) is 39.4 Å². The first-order chi connectivity index (χ1) is 13.7. The number of nitrogens with zero attached hydrogens (tertiary/aromatic N) is 2. The molecule has 1 aliphatic heterocycles. The van der Waals surface area contributed by atoms with Crippen molar-refractivity contribution in [1.29, 1.82) is 0 Å². The Bertz CT molecular complexity index is 915. The normalized spacial score (nSPS) is 32.0. The third-order valence-corrected chi connectivity index (χ3v) is 7.87. The molecular weight excluding hydrogens is 382 g/mol. The van der Waals surface area contributed by atoms with Gasteiger partial charge in [0, 0.05) is 11.1 Å². The lowest BCUT2D eigenvalue weighted by molar-refractivity contribution is -0.115. The van der Waals surface area contributed by atoms with E-state index in [1.165, 1.54) is 30.3 Å². The van der Waals surface area contributed by atoms with E-state index in [9.17, 15) is 4.79 Å². The van der Waals surface area contributed by atoms with E-state index in [4.69, 9.17) is 4.74 Å². The smallest absolute Gasteiger partial charge is 0.264 e. The van der Waals surface area contributed by atoms with Crippen LogP contribution in [0.25, 0.3) is 6.08 Å². The van der Waals surface area contributed by atoms with Crippen LogP contribution in [0, 0.1) is 16.7 Å². The molecule has 2 aliphatic carbocycles. The highest BCUT2D eigenvalue weighted by Crippen LogP contribution is 2.64. The van der Waals surface area contributed by atoms with Crippen molar-refractivity contribution in [1.82, 2.24) is 5.32 Å². The lowest BCUT2D eigenvalue weighted by atomic mass is 9.70. The maximum absolute atomic E-state index is 12.3. The summed E-state index contributed by atoms with van der Waals surface area (Å²) in [6.07, 6.45) is 5.48. The minimum Gasteiger partial charge on any atom is -0.491 e. The second-order valence-corrected chi connectivity index (χ2v) is 10.3. The zero-order valence-electron chi connectivity index (χ0n) is 17.8. The zero-order chi connectivity index (χ0) is 20.8. The summed E-state index contributed by atoms with van der Waals surface area (Å²) in [6.45, 7) is 11.0. The van der Waals surface area contributed by atoms with E-state index in [0.717, 1.165) is 17.7 Å². The van der Waals surface area contributed by atoms with Crippen molar-refractivity contribution < 1.29 is 9.53 Å². The first-order valence-electron chi connectivity index (χ1n) is 10.3. The van der Waals surface area contributed by atoms with Gasteiger partial charge in [-0.05, 0) is 80.0 Å². The van der Waals surface area contributed by atoms with Crippen LogP contribution in [0.2, 0.25) is 0 Å². The molecule has 1 saturated heterocycles. The molecule has 5 nitrogen and oxygen atoms in total. The lowest BCUT2D eigenvalue weighted by Crippen LogP contribution is -2.32. The lowest BCUT2D eigenvalue weighted by Gasteiger charge is -2.34. The summed E-state index contributed by atoms with van der Waals surface area (Å²) in [5.74, 6) is 1.39. The first kappa shape index (κ1) is 20.2. The maximum Gasteiger partial charge on any atom is 0.264 e. The zero-order valence-corrected chi connectivity index (χ0v) is 18.6. The molecular formula is C23H29N3O2S. The monoisotopic (exact) mass is 411 g/mol. The van der Waals surface area contributed by atoms with E-state index in [1.54, 1.807) is 0 Å². The highest BCUT2D eigenvalue weighted by molar-refractivity contribution is 8.18. The van der Waals surface area contributed by atoms with E-state index in [0.29, 0.717) is 16.0 Å². The predicted molar refractivity (Wildman–Crippen MR) is 120 cm³/mol. The molecule has 0 spiro atoms. The first-order valence-corrected chi connectivity index (χ1v) is 11.1. The van der Waals surface area contributed by atoms with Crippen LogP contribution < -0.4 is 10.1 Å². The topological polar surface area (TPSA) is 63.1 Å². The molecule has 29 heavy (non-hydrogen) atoms. The van der Waals surface area contributed by atoms with Gasteiger partial charge in [0.15, 0.2) is 5.17 Å². The molecule has 2 atom stereocenters. The molecule has 3 fully saturated rings. The number of ether oxygens (including phenoxy) is 1. The number of hydrogen-bond acceptors (Lipinski definition) is 5. The summed E-state index contributed by atoms with van der Waals surface area (Å²) in [4.78, 5) is 13.0. The Kier molecular flexibility index (Phi) is 5.09. The van der Waals surface area contributed by atoms with E-state index in [1.807, 2.05) is 44.2 Å². The second kappa shape index (κ2) is 7.31. The molecule has 2 bridgehead atoms. The summed E-state index contributed by atoms with van der Waals surface area (Å²) in [6, 6.07) is 7.74.